The van der Waals surface area contributed by atoms with Gasteiger partial charge in [0.15, 0.2) is 6.61 Å². The van der Waals surface area contributed by atoms with E-state index < -0.39 is 30.4 Å². The number of ether oxygens (including phenoxy) is 3. The minimum atomic E-state index is -5.00. The van der Waals surface area contributed by atoms with Gasteiger partial charge in [-0.15, -0.1) is 0 Å². The highest BCUT2D eigenvalue weighted by atomic mass is 19.4. The van der Waals surface area contributed by atoms with Gasteiger partial charge < -0.3 is 24.8 Å². The number of hydrogen-bond acceptors (Lipinski definition) is 7. The van der Waals surface area contributed by atoms with Crippen LogP contribution in [-0.4, -0.2) is 44.7 Å². The highest BCUT2D eigenvalue weighted by Gasteiger charge is 2.36. The maximum absolute atomic E-state index is 12.3. The Kier molecular flexibility index (Phi) is 8.22. The van der Waals surface area contributed by atoms with Crippen LogP contribution < -0.4 is 20.1 Å². The molecule has 0 atom stereocenters. The lowest BCUT2D eigenvalue weighted by molar-refractivity contribution is -0.165. The fourth-order valence-electron chi connectivity index (χ4n) is 2.40. The van der Waals surface area contributed by atoms with Crippen molar-refractivity contribution in [1.82, 2.24) is 0 Å². The highest BCUT2D eigenvalue weighted by molar-refractivity contribution is 5.99. The van der Waals surface area contributed by atoms with E-state index in [-0.39, 0.29) is 17.3 Å². The first kappa shape index (κ1) is 24.3. The van der Waals surface area contributed by atoms with Crippen molar-refractivity contribution in [2.75, 3.05) is 31.5 Å². The van der Waals surface area contributed by atoms with Crippen LogP contribution in [0.1, 0.15) is 10.4 Å². The van der Waals surface area contributed by atoms with Gasteiger partial charge in [-0.1, -0.05) is 12.1 Å². The lowest BCUT2D eigenvalue weighted by atomic mass is 10.2. The zero-order valence-corrected chi connectivity index (χ0v) is 17.0. The predicted octanol–water partition coefficient (Wildman–Crippen LogP) is 3.56. The quantitative estimate of drug-likeness (QED) is 0.443. The Labute approximate surface area is 181 Å². The SMILES string of the molecule is COc1ccc(OC)c(NC(=O)COC(=O)c2ccccc2N/C=C/C(=O)C(F)(F)F)c1. The van der Waals surface area contributed by atoms with Gasteiger partial charge in [0.1, 0.15) is 11.5 Å². The Morgan fingerprint density at radius 2 is 1.72 bits per heavy atom. The number of esters is 1. The van der Waals surface area contributed by atoms with Gasteiger partial charge >= 0.3 is 12.1 Å². The van der Waals surface area contributed by atoms with Gasteiger partial charge in [-0.2, -0.15) is 13.2 Å². The Bertz CT molecular complexity index is 1020. The number of nitrogens with one attached hydrogen (secondary N) is 2. The van der Waals surface area contributed by atoms with Gasteiger partial charge in [-0.05, 0) is 24.3 Å². The molecule has 2 aromatic rings. The van der Waals surface area contributed by atoms with E-state index in [2.05, 4.69) is 10.6 Å². The van der Waals surface area contributed by atoms with Crippen molar-refractivity contribution in [3.63, 3.8) is 0 Å². The summed E-state index contributed by atoms with van der Waals surface area (Å²) in [7, 11) is 2.87. The average molecular weight is 452 g/mol. The van der Waals surface area contributed by atoms with Gasteiger partial charge in [0.2, 0.25) is 0 Å². The van der Waals surface area contributed by atoms with Crippen LogP contribution in [0, 0.1) is 0 Å². The van der Waals surface area contributed by atoms with Gasteiger partial charge in [-0.25, -0.2) is 4.79 Å². The van der Waals surface area contributed by atoms with E-state index in [0.717, 1.165) is 6.20 Å². The van der Waals surface area contributed by atoms with Crippen molar-refractivity contribution in [2.24, 2.45) is 0 Å². The molecular formula is C21H19F3N2O6. The molecule has 2 aromatic carbocycles. The Morgan fingerprint density at radius 1 is 1.00 bits per heavy atom. The lowest BCUT2D eigenvalue weighted by Gasteiger charge is -2.12. The number of allylic oxidation sites excluding steroid dienone is 1. The van der Waals surface area contributed by atoms with E-state index in [9.17, 15) is 27.6 Å². The van der Waals surface area contributed by atoms with Crippen molar-refractivity contribution in [1.29, 1.82) is 0 Å². The van der Waals surface area contributed by atoms with Crippen molar-refractivity contribution in [3.05, 3.63) is 60.3 Å². The van der Waals surface area contributed by atoms with Crippen LogP contribution in [-0.2, 0) is 14.3 Å². The van der Waals surface area contributed by atoms with Crippen LogP contribution in [0.25, 0.3) is 0 Å². The smallest absolute Gasteiger partial charge is 0.454 e. The second-order valence-electron chi connectivity index (χ2n) is 6.08. The van der Waals surface area contributed by atoms with Gasteiger partial charge in [0.25, 0.3) is 11.7 Å². The molecule has 0 unspecified atom stereocenters. The number of carbonyl (C=O) groups is 3. The average Bonchev–Trinajstić information content (AvgIpc) is 2.77. The molecule has 0 aromatic heterocycles. The Hall–Kier alpha value is -4.02. The number of halogens is 3. The fraction of sp³-hybridized carbons (Fsp3) is 0.190. The first-order valence-electron chi connectivity index (χ1n) is 8.98. The molecule has 8 nitrogen and oxygen atoms in total. The summed E-state index contributed by atoms with van der Waals surface area (Å²) in [6, 6.07) is 10.5. The summed E-state index contributed by atoms with van der Waals surface area (Å²) in [6.07, 6.45) is -3.96. The topological polar surface area (TPSA) is 103 Å². The molecule has 0 fully saturated rings. The summed E-state index contributed by atoms with van der Waals surface area (Å²) in [5, 5.41) is 4.95. The third kappa shape index (κ3) is 6.76. The molecule has 0 bridgehead atoms. The van der Waals surface area contributed by atoms with Crippen LogP contribution in [0.4, 0.5) is 24.5 Å². The third-order valence-electron chi connectivity index (χ3n) is 3.92. The summed E-state index contributed by atoms with van der Waals surface area (Å²) in [6.45, 7) is -0.643. The van der Waals surface area contributed by atoms with Crippen LogP contribution in [0.15, 0.2) is 54.7 Å². The third-order valence-corrected chi connectivity index (χ3v) is 3.92. The molecule has 0 aliphatic rings. The van der Waals surface area contributed by atoms with Crippen LogP contribution in [0.5, 0.6) is 11.5 Å². The Morgan fingerprint density at radius 3 is 2.38 bits per heavy atom. The molecule has 2 N–H and O–H groups in total. The number of hydrogen-bond donors (Lipinski definition) is 2. The van der Waals surface area contributed by atoms with E-state index in [1.807, 2.05) is 0 Å². The minimum absolute atomic E-state index is 0.0524. The fourth-order valence-corrected chi connectivity index (χ4v) is 2.40. The molecule has 0 spiro atoms. The van der Waals surface area contributed by atoms with E-state index in [1.54, 1.807) is 12.1 Å². The number of benzene rings is 2. The van der Waals surface area contributed by atoms with E-state index in [0.29, 0.717) is 17.2 Å². The van der Waals surface area contributed by atoms with Gasteiger partial charge in [0, 0.05) is 18.3 Å². The van der Waals surface area contributed by atoms with Gasteiger partial charge in [0.05, 0.1) is 31.2 Å². The number of rotatable bonds is 9. The number of para-hydroxylation sites is 1. The molecule has 0 heterocycles. The molecule has 0 aliphatic carbocycles. The minimum Gasteiger partial charge on any atom is -0.497 e. The number of ketones is 1. The second-order valence-corrected chi connectivity index (χ2v) is 6.08. The summed E-state index contributed by atoms with van der Waals surface area (Å²) < 4.78 is 52.0. The standard InChI is InChI=1S/C21H19F3N2O6/c1-30-13-7-8-17(31-2)16(11-13)26-19(28)12-32-20(29)14-5-3-4-6-15(14)25-10-9-18(27)21(22,23)24/h3-11,25H,12H2,1-2H3,(H,26,28)/b10-9+. The number of anilines is 2. The van der Waals surface area contributed by atoms with Crippen molar-refractivity contribution in [2.45, 2.75) is 6.18 Å². The summed E-state index contributed by atoms with van der Waals surface area (Å²) in [5.74, 6) is -2.80. The second kappa shape index (κ2) is 10.8. The first-order chi connectivity index (χ1) is 15.2. The van der Waals surface area contributed by atoms with Crippen LogP contribution in [0.3, 0.4) is 0 Å². The molecule has 2 rings (SSSR count). The molecule has 170 valence electrons. The summed E-state index contributed by atoms with van der Waals surface area (Å²) in [5.41, 5.74) is 0.330. The normalized spacial score (nSPS) is 11.0. The number of methoxy groups -OCH3 is 2. The van der Waals surface area contributed by atoms with Crippen molar-refractivity contribution >= 4 is 29.0 Å². The van der Waals surface area contributed by atoms with Crippen LogP contribution >= 0.6 is 0 Å². The first-order valence-corrected chi connectivity index (χ1v) is 8.98. The molecule has 0 saturated carbocycles. The van der Waals surface area contributed by atoms with E-state index >= 15 is 0 Å². The molecule has 0 aliphatic heterocycles. The molecule has 32 heavy (non-hydrogen) atoms. The predicted molar refractivity (Wildman–Crippen MR) is 109 cm³/mol. The Balaban J connectivity index is 2.01. The lowest BCUT2D eigenvalue weighted by Crippen LogP contribution is -2.21. The number of carbonyl (C=O) groups excluding carboxylic acids is 3. The zero-order chi connectivity index (χ0) is 23.7. The zero-order valence-electron chi connectivity index (χ0n) is 17.0. The largest absolute Gasteiger partial charge is 0.497 e. The maximum Gasteiger partial charge on any atom is 0.454 e. The monoisotopic (exact) mass is 452 g/mol. The molecule has 11 heteroatoms. The number of amides is 1. The van der Waals surface area contributed by atoms with Gasteiger partial charge in [-0.3, -0.25) is 9.59 Å². The summed E-state index contributed by atoms with van der Waals surface area (Å²) >= 11 is 0. The van der Waals surface area contributed by atoms with Crippen LogP contribution in [0.2, 0.25) is 0 Å². The van der Waals surface area contributed by atoms with E-state index in [4.69, 9.17) is 14.2 Å². The molecular weight excluding hydrogens is 433 g/mol. The number of alkyl halides is 3. The van der Waals surface area contributed by atoms with E-state index in [1.165, 1.54) is 44.6 Å². The van der Waals surface area contributed by atoms with Crippen molar-refractivity contribution < 1.29 is 41.8 Å². The maximum atomic E-state index is 12.3. The molecule has 0 saturated heterocycles. The summed E-state index contributed by atoms with van der Waals surface area (Å²) in [4.78, 5) is 35.4. The molecule has 1 amide bonds. The van der Waals surface area contributed by atoms with Crippen molar-refractivity contribution in [3.8, 4) is 11.5 Å². The highest BCUT2D eigenvalue weighted by Crippen LogP contribution is 2.28. The molecule has 0 radical (unpaired) electrons.